The van der Waals surface area contributed by atoms with Crippen LogP contribution in [0.4, 0.5) is 0 Å². The smallest absolute Gasteiger partial charge is 0.261 e. The molecule has 2 aromatic rings. The molecular formula is C9H8N2O3. The van der Waals surface area contributed by atoms with Crippen LogP contribution in [0.2, 0.25) is 0 Å². The van der Waals surface area contributed by atoms with Gasteiger partial charge in [-0.25, -0.2) is 4.98 Å². The first-order valence-corrected chi connectivity index (χ1v) is 3.97. The SMILES string of the molecule is Cn1cnc2cc(O)c(O)cc2c1=O. The van der Waals surface area contributed by atoms with E-state index >= 15 is 0 Å². The third-order valence-electron chi connectivity index (χ3n) is 2.01. The van der Waals surface area contributed by atoms with E-state index in [-0.39, 0.29) is 22.4 Å². The third-order valence-corrected chi connectivity index (χ3v) is 2.01. The summed E-state index contributed by atoms with van der Waals surface area (Å²) in [6.45, 7) is 0. The minimum atomic E-state index is -0.317. The van der Waals surface area contributed by atoms with Crippen molar-refractivity contribution in [2.24, 2.45) is 7.05 Å². The van der Waals surface area contributed by atoms with Crippen molar-refractivity contribution in [3.63, 3.8) is 0 Å². The number of fused-ring (bicyclic) bond motifs is 1. The van der Waals surface area contributed by atoms with Crippen LogP contribution in [-0.4, -0.2) is 19.8 Å². The van der Waals surface area contributed by atoms with Crippen LogP contribution in [0.1, 0.15) is 0 Å². The molecule has 72 valence electrons. The molecule has 0 aliphatic heterocycles. The number of benzene rings is 1. The van der Waals surface area contributed by atoms with Gasteiger partial charge >= 0.3 is 0 Å². The van der Waals surface area contributed by atoms with Gasteiger partial charge < -0.3 is 14.8 Å². The molecule has 1 aromatic carbocycles. The van der Waals surface area contributed by atoms with Gasteiger partial charge in [0, 0.05) is 13.1 Å². The maximum atomic E-state index is 11.5. The van der Waals surface area contributed by atoms with Gasteiger partial charge in [-0.1, -0.05) is 0 Å². The van der Waals surface area contributed by atoms with E-state index in [2.05, 4.69) is 4.98 Å². The van der Waals surface area contributed by atoms with Crippen LogP contribution in [0, 0.1) is 0 Å². The van der Waals surface area contributed by atoms with Gasteiger partial charge in [0.15, 0.2) is 11.5 Å². The molecule has 0 radical (unpaired) electrons. The van der Waals surface area contributed by atoms with E-state index in [9.17, 15) is 15.0 Å². The Bertz CT molecular complexity index is 560. The van der Waals surface area contributed by atoms with E-state index in [4.69, 9.17) is 0 Å². The van der Waals surface area contributed by atoms with Crippen LogP contribution in [0.15, 0.2) is 23.3 Å². The molecule has 0 unspecified atom stereocenters. The standard InChI is InChI=1S/C9H8N2O3/c1-11-4-10-6-3-8(13)7(12)2-5(6)9(11)14/h2-4,12-13H,1H3. The maximum absolute atomic E-state index is 11.5. The zero-order chi connectivity index (χ0) is 10.3. The van der Waals surface area contributed by atoms with Crippen molar-refractivity contribution >= 4 is 10.9 Å². The molecular weight excluding hydrogens is 184 g/mol. The normalized spacial score (nSPS) is 10.6. The summed E-state index contributed by atoms with van der Waals surface area (Å²) in [6, 6.07) is 2.46. The predicted molar refractivity (Wildman–Crippen MR) is 50.3 cm³/mol. The van der Waals surface area contributed by atoms with Gasteiger partial charge in [0.1, 0.15) is 0 Å². The summed E-state index contributed by atoms with van der Waals surface area (Å²) >= 11 is 0. The molecule has 2 N–H and O–H groups in total. The predicted octanol–water partition coefficient (Wildman–Crippen LogP) is 0.345. The quantitative estimate of drug-likeness (QED) is 0.590. The van der Waals surface area contributed by atoms with E-state index in [1.54, 1.807) is 7.05 Å². The van der Waals surface area contributed by atoms with Crippen molar-refractivity contribution in [2.45, 2.75) is 0 Å². The lowest BCUT2D eigenvalue weighted by atomic mass is 10.2. The van der Waals surface area contributed by atoms with Gasteiger partial charge in [-0.15, -0.1) is 0 Å². The van der Waals surface area contributed by atoms with Crippen LogP contribution in [0.3, 0.4) is 0 Å². The minimum Gasteiger partial charge on any atom is -0.504 e. The molecule has 0 aliphatic carbocycles. The highest BCUT2D eigenvalue weighted by Gasteiger charge is 2.06. The van der Waals surface area contributed by atoms with E-state index in [1.165, 1.54) is 23.0 Å². The number of hydrogen-bond acceptors (Lipinski definition) is 4. The second-order valence-electron chi connectivity index (χ2n) is 3.02. The monoisotopic (exact) mass is 192 g/mol. The Morgan fingerprint density at radius 2 is 1.93 bits per heavy atom. The molecule has 0 fully saturated rings. The van der Waals surface area contributed by atoms with Crippen molar-refractivity contribution in [1.29, 1.82) is 0 Å². The van der Waals surface area contributed by atoms with Gasteiger partial charge in [0.25, 0.3) is 5.56 Å². The molecule has 0 aliphatic rings. The Morgan fingerprint density at radius 1 is 1.29 bits per heavy atom. The van der Waals surface area contributed by atoms with E-state index in [1.807, 2.05) is 0 Å². The Hall–Kier alpha value is -2.04. The van der Waals surface area contributed by atoms with Gasteiger partial charge in [0.05, 0.1) is 17.2 Å². The van der Waals surface area contributed by atoms with Gasteiger partial charge in [-0.3, -0.25) is 4.79 Å². The first kappa shape index (κ1) is 8.55. The lowest BCUT2D eigenvalue weighted by Gasteiger charge is -2.02. The molecule has 1 aromatic heterocycles. The second-order valence-corrected chi connectivity index (χ2v) is 3.02. The number of aryl methyl sites for hydroxylation is 1. The molecule has 0 amide bonds. The molecule has 0 saturated heterocycles. The number of phenols is 2. The average Bonchev–Trinajstić information content (AvgIpc) is 2.15. The van der Waals surface area contributed by atoms with Crippen LogP contribution < -0.4 is 5.56 Å². The van der Waals surface area contributed by atoms with Crippen molar-refractivity contribution in [1.82, 2.24) is 9.55 Å². The van der Waals surface area contributed by atoms with Crippen LogP contribution in [-0.2, 0) is 7.05 Å². The maximum Gasteiger partial charge on any atom is 0.261 e. The Morgan fingerprint density at radius 3 is 2.64 bits per heavy atom. The highest BCUT2D eigenvalue weighted by molar-refractivity contribution is 5.81. The van der Waals surface area contributed by atoms with Crippen molar-refractivity contribution < 1.29 is 10.2 Å². The molecule has 14 heavy (non-hydrogen) atoms. The summed E-state index contributed by atoms with van der Waals surface area (Å²) in [6.07, 6.45) is 1.36. The fourth-order valence-electron chi connectivity index (χ4n) is 1.24. The number of aromatic nitrogens is 2. The van der Waals surface area contributed by atoms with Crippen molar-refractivity contribution in [3.05, 3.63) is 28.8 Å². The lowest BCUT2D eigenvalue weighted by molar-refractivity contribution is 0.404. The lowest BCUT2D eigenvalue weighted by Crippen LogP contribution is -2.16. The highest BCUT2D eigenvalue weighted by atomic mass is 16.3. The summed E-state index contributed by atoms with van der Waals surface area (Å²) in [4.78, 5) is 15.5. The fourth-order valence-corrected chi connectivity index (χ4v) is 1.24. The Labute approximate surface area is 78.9 Å². The van der Waals surface area contributed by atoms with Crippen LogP contribution >= 0.6 is 0 Å². The van der Waals surface area contributed by atoms with Crippen molar-refractivity contribution in [3.8, 4) is 11.5 Å². The summed E-state index contributed by atoms with van der Waals surface area (Å²) in [5, 5.41) is 18.7. The number of nitrogens with zero attached hydrogens (tertiary/aromatic N) is 2. The van der Waals surface area contributed by atoms with Gasteiger partial charge in [0.2, 0.25) is 0 Å². The number of phenolic OH excluding ortho intramolecular Hbond substituents is 2. The summed E-state index contributed by atoms with van der Waals surface area (Å²) in [5.74, 6) is -0.596. The molecule has 1 heterocycles. The minimum absolute atomic E-state index is 0.259. The third kappa shape index (κ3) is 1.10. The number of rotatable bonds is 0. The first-order chi connectivity index (χ1) is 6.59. The Balaban J connectivity index is 2.97. The molecule has 0 bridgehead atoms. The zero-order valence-corrected chi connectivity index (χ0v) is 7.43. The second kappa shape index (κ2) is 2.73. The molecule has 5 nitrogen and oxygen atoms in total. The summed E-state index contributed by atoms with van der Waals surface area (Å²) in [5.41, 5.74) is 0.105. The summed E-state index contributed by atoms with van der Waals surface area (Å²) in [7, 11) is 1.57. The van der Waals surface area contributed by atoms with E-state index in [0.717, 1.165) is 0 Å². The molecule has 0 atom stereocenters. The fraction of sp³-hybridized carbons (Fsp3) is 0.111. The van der Waals surface area contributed by atoms with E-state index in [0.29, 0.717) is 5.52 Å². The number of aromatic hydroxyl groups is 2. The average molecular weight is 192 g/mol. The Kier molecular flexibility index (Phi) is 1.67. The highest BCUT2D eigenvalue weighted by Crippen LogP contribution is 2.27. The van der Waals surface area contributed by atoms with Crippen molar-refractivity contribution in [2.75, 3.05) is 0 Å². The number of hydrogen-bond donors (Lipinski definition) is 2. The largest absolute Gasteiger partial charge is 0.504 e. The van der Waals surface area contributed by atoms with E-state index < -0.39 is 0 Å². The van der Waals surface area contributed by atoms with Crippen LogP contribution in [0.5, 0.6) is 11.5 Å². The first-order valence-electron chi connectivity index (χ1n) is 3.97. The molecule has 5 heteroatoms. The van der Waals surface area contributed by atoms with Gasteiger partial charge in [-0.2, -0.15) is 0 Å². The molecule has 0 saturated carbocycles. The van der Waals surface area contributed by atoms with Gasteiger partial charge in [-0.05, 0) is 6.07 Å². The zero-order valence-electron chi connectivity index (χ0n) is 7.43. The topological polar surface area (TPSA) is 75.3 Å². The summed E-state index contributed by atoms with van der Waals surface area (Å²) < 4.78 is 1.30. The molecule has 0 spiro atoms. The van der Waals surface area contributed by atoms with Crippen LogP contribution in [0.25, 0.3) is 10.9 Å². The molecule has 2 rings (SSSR count).